The van der Waals surface area contributed by atoms with Crippen LogP contribution in [0.25, 0.3) is 0 Å². The van der Waals surface area contributed by atoms with Crippen LogP contribution in [0.5, 0.6) is 0 Å². The zero-order valence-electron chi connectivity index (χ0n) is 10.4. The normalized spacial score (nSPS) is 13.9. The van der Waals surface area contributed by atoms with Crippen LogP contribution in [-0.2, 0) is 12.8 Å². The molecule has 1 heterocycles. The van der Waals surface area contributed by atoms with E-state index in [2.05, 4.69) is 15.5 Å². The second-order valence-electron chi connectivity index (χ2n) is 4.70. The summed E-state index contributed by atoms with van der Waals surface area (Å²) in [6, 6.07) is 5.70. The highest BCUT2D eigenvalue weighted by molar-refractivity contribution is 6.04. The van der Waals surface area contributed by atoms with Gasteiger partial charge in [-0.25, -0.2) is 4.39 Å². The first-order chi connectivity index (χ1) is 9.24. The van der Waals surface area contributed by atoms with Crippen LogP contribution < -0.4 is 5.32 Å². The molecule has 1 aromatic carbocycles. The van der Waals surface area contributed by atoms with Gasteiger partial charge in [0.15, 0.2) is 5.69 Å². The maximum atomic E-state index is 12.8. The van der Waals surface area contributed by atoms with Crippen molar-refractivity contribution in [2.45, 2.75) is 25.7 Å². The van der Waals surface area contributed by atoms with Crippen molar-refractivity contribution in [3.63, 3.8) is 0 Å². The van der Waals surface area contributed by atoms with Crippen molar-refractivity contribution in [2.75, 3.05) is 5.32 Å². The number of benzene rings is 1. The number of halogens is 1. The van der Waals surface area contributed by atoms with Crippen LogP contribution in [0.1, 0.15) is 34.6 Å². The predicted octanol–water partition coefficient (Wildman–Crippen LogP) is 2.68. The second kappa shape index (κ2) is 4.84. The molecule has 4 nitrogen and oxygen atoms in total. The number of H-pyrrole nitrogens is 1. The third-order valence-electron chi connectivity index (χ3n) is 3.37. The van der Waals surface area contributed by atoms with Gasteiger partial charge < -0.3 is 5.32 Å². The average Bonchev–Trinajstić information content (AvgIpc) is 2.85. The number of anilines is 1. The molecule has 0 unspecified atom stereocenters. The van der Waals surface area contributed by atoms with Gasteiger partial charge in [-0.3, -0.25) is 9.89 Å². The van der Waals surface area contributed by atoms with Crippen molar-refractivity contribution in [3.05, 3.63) is 47.0 Å². The lowest BCUT2D eigenvalue weighted by Crippen LogP contribution is -2.15. The van der Waals surface area contributed by atoms with E-state index in [0.29, 0.717) is 11.4 Å². The van der Waals surface area contributed by atoms with Gasteiger partial charge in [-0.05, 0) is 49.9 Å². The van der Waals surface area contributed by atoms with Gasteiger partial charge in [0.1, 0.15) is 5.82 Å². The Balaban J connectivity index is 1.80. The summed E-state index contributed by atoms with van der Waals surface area (Å²) in [5.41, 5.74) is 3.11. The Morgan fingerprint density at radius 3 is 2.74 bits per heavy atom. The van der Waals surface area contributed by atoms with Gasteiger partial charge in [-0.1, -0.05) is 0 Å². The summed E-state index contributed by atoms with van der Waals surface area (Å²) >= 11 is 0. The molecule has 0 saturated carbocycles. The third-order valence-corrected chi connectivity index (χ3v) is 3.37. The molecule has 19 heavy (non-hydrogen) atoms. The van der Waals surface area contributed by atoms with Gasteiger partial charge in [-0.2, -0.15) is 5.10 Å². The maximum Gasteiger partial charge on any atom is 0.276 e. The fraction of sp³-hybridized carbons (Fsp3) is 0.286. The lowest BCUT2D eigenvalue weighted by atomic mass is 9.96. The summed E-state index contributed by atoms with van der Waals surface area (Å²) in [7, 11) is 0. The minimum absolute atomic E-state index is 0.244. The standard InChI is InChI=1S/C14H14FN3O/c15-9-5-7-10(8-6-9)16-14(19)13-11-3-1-2-4-12(11)17-18-13/h5-8H,1-4H2,(H,16,19)(H,17,18). The number of rotatable bonds is 2. The molecule has 98 valence electrons. The molecule has 1 amide bonds. The van der Waals surface area contributed by atoms with Crippen molar-refractivity contribution in [1.82, 2.24) is 10.2 Å². The van der Waals surface area contributed by atoms with E-state index in [9.17, 15) is 9.18 Å². The number of carbonyl (C=O) groups excluding carboxylic acids is 1. The number of amides is 1. The molecule has 1 aromatic heterocycles. The number of hydrogen-bond donors (Lipinski definition) is 2. The summed E-state index contributed by atoms with van der Waals surface area (Å²) in [5, 5.41) is 9.77. The molecule has 5 heteroatoms. The first kappa shape index (κ1) is 11.9. The predicted molar refractivity (Wildman–Crippen MR) is 69.6 cm³/mol. The molecule has 2 aromatic rings. The van der Waals surface area contributed by atoms with Gasteiger partial charge in [0.05, 0.1) is 0 Å². The highest BCUT2D eigenvalue weighted by atomic mass is 19.1. The number of aromatic nitrogens is 2. The minimum Gasteiger partial charge on any atom is -0.321 e. The van der Waals surface area contributed by atoms with Gasteiger partial charge in [-0.15, -0.1) is 0 Å². The zero-order valence-corrected chi connectivity index (χ0v) is 10.4. The molecule has 2 N–H and O–H groups in total. The maximum absolute atomic E-state index is 12.8. The van der Waals surface area contributed by atoms with Crippen LogP contribution in [0.3, 0.4) is 0 Å². The van der Waals surface area contributed by atoms with Gasteiger partial charge in [0.25, 0.3) is 5.91 Å². The van der Waals surface area contributed by atoms with Crippen molar-refractivity contribution in [3.8, 4) is 0 Å². The first-order valence-electron chi connectivity index (χ1n) is 6.37. The number of nitrogens with one attached hydrogen (secondary N) is 2. The van der Waals surface area contributed by atoms with Crippen LogP contribution in [0.15, 0.2) is 24.3 Å². The molecule has 0 aliphatic heterocycles. The van der Waals surface area contributed by atoms with Crippen molar-refractivity contribution in [1.29, 1.82) is 0 Å². The molecule has 0 spiro atoms. The van der Waals surface area contributed by atoms with Crippen LogP contribution in [0, 0.1) is 5.82 Å². The van der Waals surface area contributed by atoms with E-state index in [1.54, 1.807) is 0 Å². The highest BCUT2D eigenvalue weighted by Crippen LogP contribution is 2.22. The first-order valence-corrected chi connectivity index (χ1v) is 6.37. The summed E-state index contributed by atoms with van der Waals surface area (Å²) in [6.07, 6.45) is 4.06. The van der Waals surface area contributed by atoms with Crippen LogP contribution in [-0.4, -0.2) is 16.1 Å². The SMILES string of the molecule is O=C(Nc1ccc(F)cc1)c1n[nH]c2c1CCCC2. The monoisotopic (exact) mass is 259 g/mol. The Labute approximate surface area is 110 Å². The van der Waals surface area contributed by atoms with E-state index in [1.807, 2.05) is 0 Å². The largest absolute Gasteiger partial charge is 0.321 e. The van der Waals surface area contributed by atoms with E-state index >= 15 is 0 Å². The van der Waals surface area contributed by atoms with Gasteiger partial charge in [0, 0.05) is 16.9 Å². The summed E-state index contributed by atoms with van der Waals surface area (Å²) in [5.74, 6) is -0.568. The summed E-state index contributed by atoms with van der Waals surface area (Å²) in [6.45, 7) is 0. The molecule has 0 fully saturated rings. The molecule has 0 atom stereocenters. The number of nitrogens with zero attached hydrogens (tertiary/aromatic N) is 1. The van der Waals surface area contributed by atoms with E-state index in [-0.39, 0.29) is 11.7 Å². The van der Waals surface area contributed by atoms with Crippen LogP contribution in [0.2, 0.25) is 0 Å². The lowest BCUT2D eigenvalue weighted by molar-refractivity contribution is 0.102. The Bertz CT molecular complexity index is 604. The van der Waals surface area contributed by atoms with E-state index in [1.165, 1.54) is 24.3 Å². The minimum atomic E-state index is -0.324. The topological polar surface area (TPSA) is 57.8 Å². The van der Waals surface area contributed by atoms with Crippen LogP contribution >= 0.6 is 0 Å². The molecule has 0 saturated heterocycles. The van der Waals surface area contributed by atoms with Gasteiger partial charge in [0.2, 0.25) is 0 Å². The number of hydrogen-bond acceptors (Lipinski definition) is 2. The third kappa shape index (κ3) is 2.36. The molecule has 0 radical (unpaired) electrons. The Hall–Kier alpha value is -2.17. The molecule has 1 aliphatic carbocycles. The van der Waals surface area contributed by atoms with Crippen molar-refractivity contribution in [2.24, 2.45) is 0 Å². The molecule has 1 aliphatic rings. The van der Waals surface area contributed by atoms with Crippen molar-refractivity contribution < 1.29 is 9.18 Å². The fourth-order valence-corrected chi connectivity index (χ4v) is 2.39. The number of fused-ring (bicyclic) bond motifs is 1. The molecular weight excluding hydrogens is 245 g/mol. The lowest BCUT2D eigenvalue weighted by Gasteiger charge is -2.11. The Morgan fingerprint density at radius 2 is 1.95 bits per heavy atom. The quantitative estimate of drug-likeness (QED) is 0.871. The molecular formula is C14H14FN3O. The molecule has 3 rings (SSSR count). The Kier molecular flexibility index (Phi) is 3.03. The number of aryl methyl sites for hydroxylation is 1. The smallest absolute Gasteiger partial charge is 0.276 e. The zero-order chi connectivity index (χ0) is 13.2. The van der Waals surface area contributed by atoms with E-state index in [4.69, 9.17) is 0 Å². The average molecular weight is 259 g/mol. The fourth-order valence-electron chi connectivity index (χ4n) is 2.39. The van der Waals surface area contributed by atoms with Crippen molar-refractivity contribution >= 4 is 11.6 Å². The molecule has 0 bridgehead atoms. The number of aromatic amines is 1. The summed E-state index contributed by atoms with van der Waals surface area (Å²) < 4.78 is 12.8. The second-order valence-corrected chi connectivity index (χ2v) is 4.70. The highest BCUT2D eigenvalue weighted by Gasteiger charge is 2.21. The van der Waals surface area contributed by atoms with Crippen LogP contribution in [0.4, 0.5) is 10.1 Å². The Morgan fingerprint density at radius 1 is 1.21 bits per heavy atom. The van der Waals surface area contributed by atoms with E-state index < -0.39 is 0 Å². The van der Waals surface area contributed by atoms with Gasteiger partial charge >= 0.3 is 0 Å². The van der Waals surface area contributed by atoms with E-state index in [0.717, 1.165) is 36.9 Å². The summed E-state index contributed by atoms with van der Waals surface area (Å²) in [4.78, 5) is 12.1. The number of carbonyl (C=O) groups is 1.